The molecular formula is C20H23BrN2O3. The Kier molecular flexibility index (Phi) is 4.34. The number of aliphatic carboxylic acids is 1. The summed E-state index contributed by atoms with van der Waals surface area (Å²) in [6.07, 6.45) is 6.79. The van der Waals surface area contributed by atoms with Crippen molar-refractivity contribution in [3.63, 3.8) is 0 Å². The highest BCUT2D eigenvalue weighted by molar-refractivity contribution is 9.10. The zero-order valence-corrected chi connectivity index (χ0v) is 16.4. The number of halogens is 1. The number of carboxylic acids is 1. The fraction of sp³-hybridized carbons (Fsp3) is 0.500. The van der Waals surface area contributed by atoms with Crippen LogP contribution in [0.2, 0.25) is 0 Å². The first-order valence-electron chi connectivity index (χ1n) is 9.27. The summed E-state index contributed by atoms with van der Waals surface area (Å²) in [5.74, 6) is -0.685. The molecule has 0 unspecified atom stereocenters. The van der Waals surface area contributed by atoms with E-state index in [9.17, 15) is 14.7 Å². The smallest absolute Gasteiger partial charge is 0.329 e. The predicted molar refractivity (Wildman–Crippen MR) is 104 cm³/mol. The van der Waals surface area contributed by atoms with Gasteiger partial charge in [-0.05, 0) is 71.6 Å². The Morgan fingerprint density at radius 1 is 1.23 bits per heavy atom. The van der Waals surface area contributed by atoms with Crippen LogP contribution < -0.4 is 5.32 Å². The number of carbonyl (C=O) groups excluding carboxylic acids is 1. The molecule has 1 aromatic heterocycles. The average Bonchev–Trinajstić information content (AvgIpc) is 3.18. The first kappa shape index (κ1) is 17.6. The zero-order valence-electron chi connectivity index (χ0n) is 14.8. The number of aromatic nitrogens is 1. The van der Waals surface area contributed by atoms with Crippen molar-refractivity contribution in [3.05, 3.63) is 33.9 Å². The van der Waals surface area contributed by atoms with Crippen LogP contribution in [0.3, 0.4) is 0 Å². The minimum absolute atomic E-state index is 0.311. The molecule has 138 valence electrons. The molecular weight excluding hydrogens is 396 g/mol. The lowest BCUT2D eigenvalue weighted by Crippen LogP contribution is -2.59. The lowest BCUT2D eigenvalue weighted by molar-refractivity contribution is -0.148. The molecule has 2 aliphatic carbocycles. The van der Waals surface area contributed by atoms with Crippen molar-refractivity contribution in [2.75, 3.05) is 0 Å². The number of benzene rings is 1. The molecule has 2 saturated carbocycles. The van der Waals surface area contributed by atoms with Crippen molar-refractivity contribution in [2.45, 2.75) is 56.4 Å². The minimum Gasteiger partial charge on any atom is -0.480 e. The summed E-state index contributed by atoms with van der Waals surface area (Å²) in [6.45, 7) is 0. The topological polar surface area (TPSA) is 71.3 Å². The quantitative estimate of drug-likeness (QED) is 0.775. The van der Waals surface area contributed by atoms with Gasteiger partial charge in [-0.15, -0.1) is 0 Å². The summed E-state index contributed by atoms with van der Waals surface area (Å²) in [7, 11) is 2.00. The number of nitrogens with one attached hydrogen (secondary N) is 1. The molecule has 2 aliphatic rings. The van der Waals surface area contributed by atoms with Gasteiger partial charge >= 0.3 is 5.97 Å². The third kappa shape index (κ3) is 2.66. The normalized spacial score (nSPS) is 19.5. The zero-order chi connectivity index (χ0) is 18.5. The average molecular weight is 419 g/mol. The van der Waals surface area contributed by atoms with Gasteiger partial charge in [0.2, 0.25) is 0 Å². The molecule has 0 aliphatic heterocycles. The van der Waals surface area contributed by atoms with Crippen LogP contribution in [0.4, 0.5) is 0 Å². The fourth-order valence-electron chi connectivity index (χ4n) is 4.39. The van der Waals surface area contributed by atoms with Gasteiger partial charge in [0.05, 0.1) is 4.60 Å². The first-order chi connectivity index (χ1) is 12.4. The SMILES string of the molecule is Cn1c(Br)c(C2CCCC2)c2ccc(C(=O)NC3(C(=O)O)CCC3)cc21. The maximum Gasteiger partial charge on any atom is 0.329 e. The monoisotopic (exact) mass is 418 g/mol. The molecule has 5 nitrogen and oxygen atoms in total. The standard InChI is InChI=1S/C20H23BrN2O3/c1-23-15-11-13(18(24)22-20(19(25)26)9-4-10-20)7-8-14(15)16(17(23)21)12-5-2-3-6-12/h7-8,11-12H,2-6,9-10H2,1H3,(H,22,24)(H,25,26). The van der Waals surface area contributed by atoms with E-state index in [0.717, 1.165) is 16.5 Å². The van der Waals surface area contributed by atoms with Crippen LogP contribution in [0.25, 0.3) is 10.9 Å². The van der Waals surface area contributed by atoms with E-state index in [2.05, 4.69) is 25.8 Å². The second kappa shape index (κ2) is 6.41. The van der Waals surface area contributed by atoms with Crippen molar-refractivity contribution in [3.8, 4) is 0 Å². The number of hydrogen-bond donors (Lipinski definition) is 2. The van der Waals surface area contributed by atoms with Gasteiger partial charge in [0, 0.05) is 23.5 Å². The van der Waals surface area contributed by atoms with E-state index in [1.165, 1.54) is 36.6 Å². The molecule has 0 spiro atoms. The second-order valence-corrected chi connectivity index (χ2v) is 8.42. The number of fused-ring (bicyclic) bond motifs is 1. The van der Waals surface area contributed by atoms with E-state index in [1.807, 2.05) is 25.2 Å². The Balaban J connectivity index is 1.68. The Morgan fingerprint density at radius 3 is 2.50 bits per heavy atom. The summed E-state index contributed by atoms with van der Waals surface area (Å²) < 4.78 is 3.16. The molecule has 2 aromatic rings. The van der Waals surface area contributed by atoms with Gasteiger partial charge in [-0.1, -0.05) is 18.9 Å². The van der Waals surface area contributed by atoms with Crippen LogP contribution in [0.1, 0.15) is 66.8 Å². The molecule has 1 amide bonds. The van der Waals surface area contributed by atoms with Crippen LogP contribution in [0.5, 0.6) is 0 Å². The Bertz CT molecular complexity index is 892. The predicted octanol–water partition coefficient (Wildman–Crippen LogP) is 4.34. The molecule has 0 saturated heterocycles. The maximum atomic E-state index is 12.7. The number of hydrogen-bond acceptors (Lipinski definition) is 2. The van der Waals surface area contributed by atoms with Gasteiger partial charge in [0.1, 0.15) is 5.54 Å². The van der Waals surface area contributed by atoms with Gasteiger partial charge in [0.15, 0.2) is 0 Å². The Morgan fingerprint density at radius 2 is 1.92 bits per heavy atom. The fourth-order valence-corrected chi connectivity index (χ4v) is 5.12. The number of carbonyl (C=O) groups is 2. The van der Waals surface area contributed by atoms with Crippen molar-refractivity contribution >= 4 is 38.7 Å². The summed E-state index contributed by atoms with van der Waals surface area (Å²) in [5, 5.41) is 13.4. The second-order valence-electron chi connectivity index (χ2n) is 7.67. The summed E-state index contributed by atoms with van der Waals surface area (Å²) in [4.78, 5) is 24.2. The number of rotatable bonds is 4. The van der Waals surface area contributed by atoms with Gasteiger partial charge in [0.25, 0.3) is 5.91 Å². The summed E-state index contributed by atoms with van der Waals surface area (Å²) in [5.41, 5.74) is 1.77. The largest absolute Gasteiger partial charge is 0.480 e. The van der Waals surface area contributed by atoms with Crippen LogP contribution in [-0.2, 0) is 11.8 Å². The molecule has 2 N–H and O–H groups in total. The Hall–Kier alpha value is -1.82. The van der Waals surface area contributed by atoms with Crippen LogP contribution in [0.15, 0.2) is 22.8 Å². The van der Waals surface area contributed by atoms with E-state index in [-0.39, 0.29) is 5.91 Å². The van der Waals surface area contributed by atoms with Crippen LogP contribution in [-0.4, -0.2) is 27.1 Å². The van der Waals surface area contributed by atoms with Gasteiger partial charge in [-0.3, -0.25) is 4.79 Å². The molecule has 1 aromatic carbocycles. The first-order valence-corrected chi connectivity index (χ1v) is 10.1. The van der Waals surface area contributed by atoms with Crippen molar-refractivity contribution < 1.29 is 14.7 Å². The molecule has 6 heteroatoms. The van der Waals surface area contributed by atoms with E-state index in [4.69, 9.17) is 0 Å². The van der Waals surface area contributed by atoms with E-state index < -0.39 is 11.5 Å². The van der Waals surface area contributed by atoms with Crippen LogP contribution in [0, 0.1) is 0 Å². The molecule has 2 fully saturated rings. The van der Waals surface area contributed by atoms with Crippen molar-refractivity contribution in [1.82, 2.24) is 9.88 Å². The van der Waals surface area contributed by atoms with E-state index in [0.29, 0.717) is 24.3 Å². The van der Waals surface area contributed by atoms with E-state index >= 15 is 0 Å². The highest BCUT2D eigenvalue weighted by Crippen LogP contribution is 2.43. The number of amides is 1. The number of nitrogens with zero attached hydrogens (tertiary/aromatic N) is 1. The Labute approximate surface area is 160 Å². The third-order valence-corrected chi connectivity index (χ3v) is 7.12. The number of carboxylic acid groups (broad SMARTS) is 1. The maximum absolute atomic E-state index is 12.7. The molecule has 4 rings (SSSR count). The molecule has 26 heavy (non-hydrogen) atoms. The lowest BCUT2D eigenvalue weighted by atomic mass is 9.76. The van der Waals surface area contributed by atoms with Gasteiger partial charge in [-0.2, -0.15) is 0 Å². The van der Waals surface area contributed by atoms with E-state index in [1.54, 1.807) is 0 Å². The van der Waals surface area contributed by atoms with Crippen LogP contribution >= 0.6 is 15.9 Å². The third-order valence-electron chi connectivity index (χ3n) is 6.16. The van der Waals surface area contributed by atoms with Crippen molar-refractivity contribution in [1.29, 1.82) is 0 Å². The molecule has 0 bridgehead atoms. The minimum atomic E-state index is -1.09. The highest BCUT2D eigenvalue weighted by Gasteiger charge is 2.45. The molecule has 1 heterocycles. The summed E-state index contributed by atoms with van der Waals surface area (Å²) in [6, 6.07) is 5.70. The number of aryl methyl sites for hydroxylation is 1. The molecule has 0 atom stereocenters. The summed E-state index contributed by atoms with van der Waals surface area (Å²) >= 11 is 3.74. The van der Waals surface area contributed by atoms with Gasteiger partial charge in [-0.25, -0.2) is 4.79 Å². The lowest BCUT2D eigenvalue weighted by Gasteiger charge is -2.38. The van der Waals surface area contributed by atoms with Gasteiger partial charge < -0.3 is 15.0 Å². The molecule has 0 radical (unpaired) electrons. The highest BCUT2D eigenvalue weighted by atomic mass is 79.9. The van der Waals surface area contributed by atoms with Crippen molar-refractivity contribution in [2.24, 2.45) is 7.05 Å².